The van der Waals surface area contributed by atoms with E-state index >= 15 is 0 Å². The van der Waals surface area contributed by atoms with Gasteiger partial charge in [0.05, 0.1) is 0 Å². The van der Waals surface area contributed by atoms with Gasteiger partial charge in [-0.2, -0.15) is 0 Å². The molecule has 0 unspecified atom stereocenters. The summed E-state index contributed by atoms with van der Waals surface area (Å²) in [6, 6.07) is 11.4. The van der Waals surface area contributed by atoms with Crippen LogP contribution in [0.5, 0.6) is 0 Å². The molecule has 3 aromatic rings. The Kier molecular flexibility index (Phi) is 3.70. The molecular formula is C15H10BrFN2O2. The van der Waals surface area contributed by atoms with Crippen molar-refractivity contribution in [1.29, 1.82) is 0 Å². The number of rotatable bonds is 3. The minimum absolute atomic E-state index is 0.245. The van der Waals surface area contributed by atoms with E-state index in [0.717, 1.165) is 10.0 Å². The zero-order valence-corrected chi connectivity index (χ0v) is 12.3. The summed E-state index contributed by atoms with van der Waals surface area (Å²) in [6.45, 7) is 0. The molecule has 0 fully saturated rings. The standard InChI is InChI=1S/C15H10BrFN2O2/c16-10-3-6-12-14(8-10)21-15(18-12)13(19-20)7-9-1-4-11(17)5-2-9/h1-6,8,20H,7H2/b19-13+. The van der Waals surface area contributed by atoms with E-state index in [4.69, 9.17) is 4.42 Å². The molecular weight excluding hydrogens is 339 g/mol. The van der Waals surface area contributed by atoms with Gasteiger partial charge in [0, 0.05) is 10.9 Å². The number of oxime groups is 1. The fraction of sp³-hybridized carbons (Fsp3) is 0.0667. The Balaban J connectivity index is 1.93. The fourth-order valence-corrected chi connectivity index (χ4v) is 2.31. The third-order valence-corrected chi connectivity index (χ3v) is 3.50. The number of hydrogen-bond donors (Lipinski definition) is 1. The van der Waals surface area contributed by atoms with Crippen LogP contribution < -0.4 is 0 Å². The molecule has 0 atom stereocenters. The molecule has 0 aliphatic carbocycles. The van der Waals surface area contributed by atoms with E-state index in [1.807, 2.05) is 6.07 Å². The summed E-state index contributed by atoms with van der Waals surface area (Å²) in [5.41, 5.74) is 2.36. The predicted octanol–water partition coefficient (Wildman–Crippen LogP) is 4.15. The van der Waals surface area contributed by atoms with Crippen LogP contribution in [-0.4, -0.2) is 15.9 Å². The zero-order valence-electron chi connectivity index (χ0n) is 10.8. The molecule has 1 N–H and O–H groups in total. The Labute approximate surface area is 128 Å². The molecule has 0 aliphatic heterocycles. The first-order valence-electron chi connectivity index (χ1n) is 6.17. The van der Waals surface area contributed by atoms with Gasteiger partial charge in [0.2, 0.25) is 5.89 Å². The lowest BCUT2D eigenvalue weighted by atomic mass is 10.1. The average Bonchev–Trinajstić information content (AvgIpc) is 2.89. The van der Waals surface area contributed by atoms with E-state index in [1.165, 1.54) is 12.1 Å². The number of hydrogen-bond acceptors (Lipinski definition) is 4. The van der Waals surface area contributed by atoms with Gasteiger partial charge in [0.15, 0.2) is 5.58 Å². The van der Waals surface area contributed by atoms with Crippen molar-refractivity contribution >= 4 is 32.7 Å². The van der Waals surface area contributed by atoms with Crippen LogP contribution in [0.1, 0.15) is 11.5 Å². The molecule has 0 saturated carbocycles. The molecule has 4 nitrogen and oxygen atoms in total. The SMILES string of the molecule is O/N=C(\Cc1ccc(F)cc1)c1nc2ccc(Br)cc2o1. The van der Waals surface area contributed by atoms with E-state index in [-0.39, 0.29) is 17.4 Å². The van der Waals surface area contributed by atoms with Crippen molar-refractivity contribution in [2.75, 3.05) is 0 Å². The molecule has 0 spiro atoms. The Morgan fingerprint density at radius 3 is 2.71 bits per heavy atom. The van der Waals surface area contributed by atoms with Crippen molar-refractivity contribution in [1.82, 2.24) is 4.98 Å². The summed E-state index contributed by atoms with van der Waals surface area (Å²) in [4.78, 5) is 4.29. The van der Waals surface area contributed by atoms with Crippen LogP contribution in [0.3, 0.4) is 0 Å². The number of fused-ring (bicyclic) bond motifs is 1. The molecule has 0 bridgehead atoms. The summed E-state index contributed by atoms with van der Waals surface area (Å²) in [5.74, 6) is -0.0668. The normalized spacial score (nSPS) is 12.0. The fourth-order valence-electron chi connectivity index (χ4n) is 1.97. The maximum absolute atomic E-state index is 12.9. The minimum Gasteiger partial charge on any atom is -0.435 e. The number of halogens is 2. The van der Waals surface area contributed by atoms with Gasteiger partial charge < -0.3 is 9.62 Å². The lowest BCUT2D eigenvalue weighted by molar-refractivity contribution is 0.317. The summed E-state index contributed by atoms with van der Waals surface area (Å²) >= 11 is 3.35. The highest BCUT2D eigenvalue weighted by Gasteiger charge is 2.14. The van der Waals surface area contributed by atoms with Crippen LogP contribution >= 0.6 is 15.9 Å². The third-order valence-electron chi connectivity index (χ3n) is 3.00. The number of nitrogens with zero attached hydrogens (tertiary/aromatic N) is 2. The van der Waals surface area contributed by atoms with Gasteiger partial charge >= 0.3 is 0 Å². The van der Waals surface area contributed by atoms with Crippen molar-refractivity contribution in [3.05, 3.63) is 64.2 Å². The van der Waals surface area contributed by atoms with Crippen LogP contribution in [0.4, 0.5) is 4.39 Å². The summed E-state index contributed by atoms with van der Waals surface area (Å²) in [7, 11) is 0. The minimum atomic E-state index is -0.312. The molecule has 0 aliphatic rings. The van der Waals surface area contributed by atoms with E-state index < -0.39 is 0 Å². The highest BCUT2D eigenvalue weighted by atomic mass is 79.9. The topological polar surface area (TPSA) is 58.6 Å². The molecule has 0 amide bonds. The zero-order chi connectivity index (χ0) is 14.8. The van der Waals surface area contributed by atoms with Gasteiger partial charge in [-0.1, -0.05) is 33.2 Å². The first kappa shape index (κ1) is 13.8. The molecule has 6 heteroatoms. The average molecular weight is 349 g/mol. The van der Waals surface area contributed by atoms with Crippen molar-refractivity contribution in [2.24, 2.45) is 5.16 Å². The first-order valence-corrected chi connectivity index (χ1v) is 6.97. The lowest BCUT2D eigenvalue weighted by Crippen LogP contribution is -2.05. The lowest BCUT2D eigenvalue weighted by Gasteiger charge is -2.00. The number of aromatic nitrogens is 1. The van der Waals surface area contributed by atoms with Crippen molar-refractivity contribution in [3.8, 4) is 0 Å². The van der Waals surface area contributed by atoms with Gasteiger partial charge in [-0.05, 0) is 35.9 Å². The van der Waals surface area contributed by atoms with Gasteiger partial charge in [-0.25, -0.2) is 9.37 Å². The van der Waals surface area contributed by atoms with Gasteiger partial charge in [-0.15, -0.1) is 0 Å². The monoisotopic (exact) mass is 348 g/mol. The summed E-state index contributed by atoms with van der Waals surface area (Å²) < 4.78 is 19.4. The quantitative estimate of drug-likeness (QED) is 0.439. The molecule has 106 valence electrons. The smallest absolute Gasteiger partial charge is 0.245 e. The largest absolute Gasteiger partial charge is 0.435 e. The van der Waals surface area contributed by atoms with Crippen LogP contribution in [0, 0.1) is 5.82 Å². The summed E-state index contributed by atoms with van der Waals surface area (Å²) in [6.07, 6.45) is 0.296. The molecule has 0 radical (unpaired) electrons. The number of benzene rings is 2. The van der Waals surface area contributed by atoms with Crippen LogP contribution in [0.15, 0.2) is 56.5 Å². The highest BCUT2D eigenvalue weighted by Crippen LogP contribution is 2.21. The first-order chi connectivity index (χ1) is 10.2. The van der Waals surface area contributed by atoms with Crippen molar-refractivity contribution in [3.63, 3.8) is 0 Å². The van der Waals surface area contributed by atoms with Crippen LogP contribution in [-0.2, 0) is 6.42 Å². The van der Waals surface area contributed by atoms with E-state index in [0.29, 0.717) is 17.5 Å². The predicted molar refractivity (Wildman–Crippen MR) is 80.1 cm³/mol. The van der Waals surface area contributed by atoms with E-state index in [9.17, 15) is 9.60 Å². The molecule has 21 heavy (non-hydrogen) atoms. The number of oxazole rings is 1. The maximum Gasteiger partial charge on any atom is 0.245 e. The molecule has 1 heterocycles. The molecule has 2 aromatic carbocycles. The Hall–Kier alpha value is -2.21. The molecule has 0 saturated heterocycles. The Morgan fingerprint density at radius 2 is 2.00 bits per heavy atom. The summed E-state index contributed by atoms with van der Waals surface area (Å²) in [5, 5.41) is 12.4. The van der Waals surface area contributed by atoms with Gasteiger partial charge in [-0.3, -0.25) is 0 Å². The van der Waals surface area contributed by atoms with Crippen LogP contribution in [0.2, 0.25) is 0 Å². The van der Waals surface area contributed by atoms with Crippen LogP contribution in [0.25, 0.3) is 11.1 Å². The van der Waals surface area contributed by atoms with Gasteiger partial charge in [0.25, 0.3) is 0 Å². The molecule has 1 aromatic heterocycles. The van der Waals surface area contributed by atoms with E-state index in [2.05, 4.69) is 26.1 Å². The maximum atomic E-state index is 12.9. The molecule has 3 rings (SSSR count). The Bertz CT molecular complexity index is 812. The Morgan fingerprint density at radius 1 is 1.24 bits per heavy atom. The van der Waals surface area contributed by atoms with Crippen molar-refractivity contribution < 1.29 is 14.0 Å². The second-order valence-corrected chi connectivity index (χ2v) is 5.40. The van der Waals surface area contributed by atoms with Gasteiger partial charge in [0.1, 0.15) is 17.0 Å². The van der Waals surface area contributed by atoms with Crippen molar-refractivity contribution in [2.45, 2.75) is 6.42 Å². The second kappa shape index (κ2) is 5.65. The second-order valence-electron chi connectivity index (χ2n) is 4.48. The van der Waals surface area contributed by atoms with E-state index in [1.54, 1.807) is 24.3 Å². The highest BCUT2D eigenvalue weighted by molar-refractivity contribution is 9.10. The third kappa shape index (κ3) is 2.95.